The van der Waals surface area contributed by atoms with Gasteiger partial charge in [0.2, 0.25) is 0 Å². The molecule has 3 heteroatoms. The van der Waals surface area contributed by atoms with Gasteiger partial charge in [-0.3, -0.25) is 4.99 Å². The van der Waals surface area contributed by atoms with Gasteiger partial charge >= 0.3 is 0 Å². The second kappa shape index (κ2) is 5.53. The van der Waals surface area contributed by atoms with Gasteiger partial charge in [0.15, 0.2) is 0 Å². The fourth-order valence-corrected chi connectivity index (χ4v) is 0.541. The van der Waals surface area contributed by atoms with Crippen LogP contribution in [0.4, 0.5) is 0 Å². The SMILES string of the molecule is C=C/C(C)=C(\C=NC)N=NC. The maximum Gasteiger partial charge on any atom is 0.106 e. The zero-order chi connectivity index (χ0) is 8.69. The Hall–Kier alpha value is -1.25. The molecule has 60 valence electrons. The van der Waals surface area contributed by atoms with Crippen LogP contribution in [0.3, 0.4) is 0 Å². The first-order valence-corrected chi connectivity index (χ1v) is 3.31. The van der Waals surface area contributed by atoms with Crippen LogP contribution in [0.2, 0.25) is 0 Å². The maximum atomic E-state index is 3.87. The minimum absolute atomic E-state index is 0.755. The number of rotatable bonds is 3. The zero-order valence-electron chi connectivity index (χ0n) is 7.20. The van der Waals surface area contributed by atoms with E-state index in [-0.39, 0.29) is 0 Å². The van der Waals surface area contributed by atoms with Crippen LogP contribution in [0.5, 0.6) is 0 Å². The fourth-order valence-electron chi connectivity index (χ4n) is 0.541. The predicted molar refractivity (Wildman–Crippen MR) is 48.1 cm³/mol. The van der Waals surface area contributed by atoms with Crippen LogP contribution in [0, 0.1) is 0 Å². The van der Waals surface area contributed by atoms with E-state index in [9.17, 15) is 0 Å². The zero-order valence-corrected chi connectivity index (χ0v) is 7.20. The molecule has 0 rings (SSSR count). The smallest absolute Gasteiger partial charge is 0.106 e. The summed E-state index contributed by atoms with van der Waals surface area (Å²) in [5, 5.41) is 7.52. The fraction of sp³-hybridized carbons (Fsp3) is 0.375. The summed E-state index contributed by atoms with van der Waals surface area (Å²) >= 11 is 0. The van der Waals surface area contributed by atoms with Crippen molar-refractivity contribution in [1.82, 2.24) is 0 Å². The van der Waals surface area contributed by atoms with Gasteiger partial charge in [-0.15, -0.1) is 0 Å². The Morgan fingerprint density at radius 3 is 2.36 bits per heavy atom. The van der Waals surface area contributed by atoms with Crippen molar-refractivity contribution in [2.75, 3.05) is 14.1 Å². The van der Waals surface area contributed by atoms with Gasteiger partial charge in [-0.1, -0.05) is 12.7 Å². The van der Waals surface area contributed by atoms with Gasteiger partial charge < -0.3 is 0 Å². The minimum atomic E-state index is 0.755. The minimum Gasteiger partial charge on any atom is -0.294 e. The molecule has 0 aromatic carbocycles. The highest BCUT2D eigenvalue weighted by molar-refractivity contribution is 5.79. The van der Waals surface area contributed by atoms with Crippen LogP contribution in [0.15, 0.2) is 39.1 Å². The van der Waals surface area contributed by atoms with E-state index in [2.05, 4.69) is 21.8 Å². The second-order valence-corrected chi connectivity index (χ2v) is 1.96. The Kier molecular flexibility index (Phi) is 4.90. The quantitative estimate of drug-likeness (QED) is 0.337. The number of aliphatic imine (C=N–C) groups is 1. The summed E-state index contributed by atoms with van der Waals surface area (Å²) in [4.78, 5) is 3.84. The first kappa shape index (κ1) is 9.75. The van der Waals surface area contributed by atoms with Crippen molar-refractivity contribution in [2.24, 2.45) is 15.2 Å². The molecule has 0 amide bonds. The standard InChI is InChI=1S/C8H13N3/c1-5-7(2)8(6-9-3)11-10-4/h5-6H,1H2,2-4H3/b8-7+,9-6?,11-10?. The molecule has 11 heavy (non-hydrogen) atoms. The monoisotopic (exact) mass is 151 g/mol. The Morgan fingerprint density at radius 1 is 1.36 bits per heavy atom. The van der Waals surface area contributed by atoms with Crippen molar-refractivity contribution >= 4 is 6.21 Å². The van der Waals surface area contributed by atoms with Crippen molar-refractivity contribution < 1.29 is 0 Å². The highest BCUT2D eigenvalue weighted by atomic mass is 15.1. The number of nitrogens with zero attached hydrogens (tertiary/aromatic N) is 3. The third-order valence-electron chi connectivity index (χ3n) is 1.17. The summed E-state index contributed by atoms with van der Waals surface area (Å²) in [7, 11) is 3.32. The molecular weight excluding hydrogens is 138 g/mol. The summed E-state index contributed by atoms with van der Waals surface area (Å²) < 4.78 is 0. The van der Waals surface area contributed by atoms with Crippen LogP contribution < -0.4 is 0 Å². The normalized spacial score (nSPS) is 14.1. The van der Waals surface area contributed by atoms with E-state index >= 15 is 0 Å². The molecule has 0 aromatic heterocycles. The molecule has 0 aliphatic heterocycles. The highest BCUT2D eigenvalue weighted by Crippen LogP contribution is 2.04. The Morgan fingerprint density at radius 2 is 2.00 bits per heavy atom. The third kappa shape index (κ3) is 3.45. The largest absolute Gasteiger partial charge is 0.294 e. The molecule has 0 aliphatic rings. The molecule has 0 radical (unpaired) electrons. The van der Waals surface area contributed by atoms with Gasteiger partial charge in [-0.25, -0.2) is 0 Å². The van der Waals surface area contributed by atoms with E-state index in [0.29, 0.717) is 0 Å². The lowest BCUT2D eigenvalue weighted by Gasteiger charge is -1.93. The second-order valence-electron chi connectivity index (χ2n) is 1.96. The first-order chi connectivity index (χ1) is 5.26. The van der Waals surface area contributed by atoms with E-state index in [0.717, 1.165) is 11.3 Å². The molecule has 0 heterocycles. The van der Waals surface area contributed by atoms with Crippen LogP contribution >= 0.6 is 0 Å². The van der Waals surface area contributed by atoms with Gasteiger partial charge in [0, 0.05) is 20.3 Å². The van der Waals surface area contributed by atoms with Gasteiger partial charge in [0.25, 0.3) is 0 Å². The summed E-state index contributed by atoms with van der Waals surface area (Å²) in [6.07, 6.45) is 3.38. The average molecular weight is 151 g/mol. The molecule has 0 unspecified atom stereocenters. The molecule has 0 spiro atoms. The van der Waals surface area contributed by atoms with E-state index < -0.39 is 0 Å². The van der Waals surface area contributed by atoms with Crippen LogP contribution in [0.1, 0.15) is 6.92 Å². The lowest BCUT2D eigenvalue weighted by molar-refractivity contribution is 1.12. The summed E-state index contributed by atoms with van der Waals surface area (Å²) in [6.45, 7) is 5.54. The maximum absolute atomic E-state index is 3.87. The summed E-state index contributed by atoms with van der Waals surface area (Å²) in [5.41, 5.74) is 1.73. The summed E-state index contributed by atoms with van der Waals surface area (Å²) in [5.74, 6) is 0. The number of hydrogen-bond donors (Lipinski definition) is 0. The molecule has 0 aromatic rings. The van der Waals surface area contributed by atoms with E-state index in [1.165, 1.54) is 0 Å². The molecule has 3 nitrogen and oxygen atoms in total. The van der Waals surface area contributed by atoms with Gasteiger partial charge in [-0.2, -0.15) is 10.2 Å². The van der Waals surface area contributed by atoms with Crippen LogP contribution in [0.25, 0.3) is 0 Å². The van der Waals surface area contributed by atoms with Gasteiger partial charge in [0.05, 0.1) is 0 Å². The van der Waals surface area contributed by atoms with Crippen molar-refractivity contribution in [1.29, 1.82) is 0 Å². The summed E-state index contributed by atoms with van der Waals surface area (Å²) in [6, 6.07) is 0. The van der Waals surface area contributed by atoms with Gasteiger partial charge in [-0.05, 0) is 12.5 Å². The highest BCUT2D eigenvalue weighted by Gasteiger charge is 1.92. The molecule has 0 saturated carbocycles. The first-order valence-electron chi connectivity index (χ1n) is 3.31. The van der Waals surface area contributed by atoms with Gasteiger partial charge in [0.1, 0.15) is 5.70 Å². The van der Waals surface area contributed by atoms with Crippen LogP contribution in [-0.2, 0) is 0 Å². The average Bonchev–Trinajstić information content (AvgIpc) is 2.03. The molecule has 0 bridgehead atoms. The number of hydrogen-bond acceptors (Lipinski definition) is 3. The lowest BCUT2D eigenvalue weighted by atomic mass is 10.2. The molecule has 0 aliphatic carbocycles. The molecular formula is C8H13N3. The lowest BCUT2D eigenvalue weighted by Crippen LogP contribution is -1.83. The molecule has 0 N–H and O–H groups in total. The van der Waals surface area contributed by atoms with E-state index in [1.807, 2.05) is 6.92 Å². The van der Waals surface area contributed by atoms with Crippen molar-refractivity contribution in [3.8, 4) is 0 Å². The van der Waals surface area contributed by atoms with Crippen molar-refractivity contribution in [2.45, 2.75) is 6.92 Å². The van der Waals surface area contributed by atoms with E-state index in [4.69, 9.17) is 0 Å². The Labute approximate surface area is 67.3 Å². The number of azo groups is 1. The molecule has 0 saturated heterocycles. The Balaban J connectivity index is 4.70. The Bertz CT molecular complexity index is 197. The molecule has 0 fully saturated rings. The van der Waals surface area contributed by atoms with E-state index in [1.54, 1.807) is 26.4 Å². The number of allylic oxidation sites excluding steroid dienone is 3. The van der Waals surface area contributed by atoms with Crippen molar-refractivity contribution in [3.05, 3.63) is 23.9 Å². The topological polar surface area (TPSA) is 37.1 Å². The predicted octanol–water partition coefficient (Wildman–Crippen LogP) is 2.23. The van der Waals surface area contributed by atoms with Crippen molar-refractivity contribution in [3.63, 3.8) is 0 Å². The molecule has 0 atom stereocenters. The van der Waals surface area contributed by atoms with Crippen LogP contribution in [-0.4, -0.2) is 20.3 Å². The third-order valence-corrected chi connectivity index (χ3v) is 1.17.